The highest BCUT2D eigenvalue weighted by Crippen LogP contribution is 2.37. The van der Waals surface area contributed by atoms with Gasteiger partial charge >= 0.3 is 0 Å². The summed E-state index contributed by atoms with van der Waals surface area (Å²) in [7, 11) is 0. The second-order valence-corrected chi connectivity index (χ2v) is 8.10. The van der Waals surface area contributed by atoms with Crippen molar-refractivity contribution in [3.63, 3.8) is 0 Å². The molecular weight excluding hydrogens is 516 g/mol. The SMILES string of the molecule is Clc1ccc(C(I)CI)c(-c2ccc3scnc3c2)c1. The lowest BCUT2D eigenvalue weighted by molar-refractivity contribution is 1.19. The van der Waals surface area contributed by atoms with Crippen LogP contribution in [0.4, 0.5) is 0 Å². The topological polar surface area (TPSA) is 12.9 Å². The van der Waals surface area contributed by atoms with Gasteiger partial charge in [-0.1, -0.05) is 68.9 Å². The van der Waals surface area contributed by atoms with Gasteiger partial charge in [0.2, 0.25) is 0 Å². The number of rotatable bonds is 3. The van der Waals surface area contributed by atoms with Crippen LogP contribution < -0.4 is 0 Å². The average molecular weight is 526 g/mol. The zero-order valence-corrected chi connectivity index (χ0v) is 16.2. The number of nitrogens with zero attached hydrogens (tertiary/aromatic N) is 1. The van der Waals surface area contributed by atoms with Gasteiger partial charge in [0.15, 0.2) is 0 Å². The minimum Gasteiger partial charge on any atom is -0.245 e. The number of aromatic nitrogens is 1. The molecule has 1 aromatic heterocycles. The van der Waals surface area contributed by atoms with Gasteiger partial charge in [0, 0.05) is 13.4 Å². The first-order valence-electron chi connectivity index (χ1n) is 6.02. The normalized spacial score (nSPS) is 12.8. The average Bonchev–Trinajstić information content (AvgIpc) is 2.93. The second kappa shape index (κ2) is 6.46. The third-order valence-corrected chi connectivity index (χ3v) is 7.85. The molecule has 3 rings (SSSR count). The van der Waals surface area contributed by atoms with Crippen LogP contribution >= 0.6 is 68.1 Å². The fraction of sp³-hybridized carbons (Fsp3) is 0.133. The summed E-state index contributed by atoms with van der Waals surface area (Å²) in [6.07, 6.45) is 0. The van der Waals surface area contributed by atoms with E-state index in [1.807, 2.05) is 11.6 Å². The summed E-state index contributed by atoms with van der Waals surface area (Å²) < 4.78 is 2.77. The molecule has 3 aromatic rings. The van der Waals surface area contributed by atoms with Crippen molar-refractivity contribution in [3.8, 4) is 11.1 Å². The Morgan fingerprint density at radius 3 is 2.85 bits per heavy atom. The van der Waals surface area contributed by atoms with E-state index in [9.17, 15) is 0 Å². The Balaban J connectivity index is 2.18. The van der Waals surface area contributed by atoms with Crippen molar-refractivity contribution in [2.45, 2.75) is 3.92 Å². The molecule has 1 nitrogen and oxygen atoms in total. The van der Waals surface area contributed by atoms with Gasteiger partial charge in [-0.25, -0.2) is 4.98 Å². The van der Waals surface area contributed by atoms with Crippen molar-refractivity contribution in [3.05, 3.63) is 52.5 Å². The molecule has 0 fully saturated rings. The van der Waals surface area contributed by atoms with E-state index in [0.717, 1.165) is 15.0 Å². The Bertz CT molecular complexity index is 756. The Morgan fingerprint density at radius 2 is 2.05 bits per heavy atom. The van der Waals surface area contributed by atoms with Crippen molar-refractivity contribution in [1.82, 2.24) is 4.98 Å². The summed E-state index contributed by atoms with van der Waals surface area (Å²) in [5.74, 6) is 0. The Kier molecular flexibility index (Phi) is 4.84. The van der Waals surface area contributed by atoms with Crippen LogP contribution in [0.15, 0.2) is 41.9 Å². The highest BCUT2D eigenvalue weighted by molar-refractivity contribution is 14.1. The molecule has 0 N–H and O–H groups in total. The summed E-state index contributed by atoms with van der Waals surface area (Å²) in [5.41, 5.74) is 6.67. The molecule has 0 radical (unpaired) electrons. The van der Waals surface area contributed by atoms with E-state index in [1.165, 1.54) is 21.4 Å². The van der Waals surface area contributed by atoms with Crippen molar-refractivity contribution >= 4 is 78.3 Å². The second-order valence-electron chi connectivity index (χ2n) is 4.39. The zero-order valence-electron chi connectivity index (χ0n) is 10.3. The lowest BCUT2D eigenvalue weighted by Crippen LogP contribution is -1.94. The van der Waals surface area contributed by atoms with Crippen LogP contribution in [-0.2, 0) is 0 Å². The van der Waals surface area contributed by atoms with Gasteiger partial charge < -0.3 is 0 Å². The van der Waals surface area contributed by atoms with Gasteiger partial charge in [-0.3, -0.25) is 0 Å². The largest absolute Gasteiger partial charge is 0.245 e. The van der Waals surface area contributed by atoms with Crippen molar-refractivity contribution in [2.75, 3.05) is 4.43 Å². The molecule has 1 unspecified atom stereocenters. The standard InChI is InChI=1S/C15H10ClI2NS/c16-10-2-3-11(13(18)7-17)12(6-10)9-1-4-15-14(5-9)19-8-20-15/h1-6,8,13H,7H2. The predicted octanol–water partition coefficient (Wildman–Crippen LogP) is 6.53. The predicted molar refractivity (Wildman–Crippen MR) is 106 cm³/mol. The maximum absolute atomic E-state index is 6.19. The van der Waals surface area contributed by atoms with E-state index in [2.05, 4.69) is 80.5 Å². The summed E-state index contributed by atoms with van der Waals surface area (Å²) in [6, 6.07) is 12.6. The molecule has 0 aliphatic heterocycles. The molecule has 20 heavy (non-hydrogen) atoms. The highest BCUT2D eigenvalue weighted by atomic mass is 127. The number of thiazole rings is 1. The molecule has 5 heteroatoms. The molecule has 2 aromatic carbocycles. The first kappa shape index (κ1) is 15.0. The van der Waals surface area contributed by atoms with Gasteiger partial charge in [-0.2, -0.15) is 0 Å². The summed E-state index contributed by atoms with van der Waals surface area (Å²) >= 11 is 12.8. The van der Waals surface area contributed by atoms with E-state index in [4.69, 9.17) is 11.6 Å². The number of halogens is 3. The summed E-state index contributed by atoms with van der Waals surface area (Å²) in [5, 5.41) is 0.777. The van der Waals surface area contributed by atoms with Crippen LogP contribution in [0.5, 0.6) is 0 Å². The van der Waals surface area contributed by atoms with Gasteiger partial charge in [0.25, 0.3) is 0 Å². The van der Waals surface area contributed by atoms with Crippen molar-refractivity contribution < 1.29 is 0 Å². The monoisotopic (exact) mass is 525 g/mol. The van der Waals surface area contributed by atoms with Gasteiger partial charge in [-0.05, 0) is 41.0 Å². The first-order valence-corrected chi connectivity index (χ1v) is 10.0. The molecule has 0 bridgehead atoms. The summed E-state index contributed by atoms with van der Waals surface area (Å²) in [4.78, 5) is 4.40. The van der Waals surface area contributed by atoms with E-state index in [1.54, 1.807) is 11.3 Å². The number of hydrogen-bond acceptors (Lipinski definition) is 2. The highest BCUT2D eigenvalue weighted by Gasteiger charge is 2.13. The van der Waals surface area contributed by atoms with Crippen molar-refractivity contribution in [1.29, 1.82) is 0 Å². The van der Waals surface area contributed by atoms with Crippen molar-refractivity contribution in [2.24, 2.45) is 0 Å². The molecule has 0 aliphatic rings. The third-order valence-electron chi connectivity index (χ3n) is 3.13. The molecule has 0 saturated heterocycles. The zero-order chi connectivity index (χ0) is 14.1. The van der Waals surface area contributed by atoms with Gasteiger partial charge in [0.1, 0.15) is 0 Å². The fourth-order valence-corrected chi connectivity index (χ4v) is 4.01. The van der Waals surface area contributed by atoms with E-state index in [-0.39, 0.29) is 0 Å². The Morgan fingerprint density at radius 1 is 1.20 bits per heavy atom. The molecule has 0 spiro atoms. The number of benzene rings is 2. The van der Waals surface area contributed by atoms with Crippen LogP contribution in [0.2, 0.25) is 5.02 Å². The molecule has 0 amide bonds. The molecule has 0 saturated carbocycles. The maximum Gasteiger partial charge on any atom is 0.0818 e. The molecule has 1 heterocycles. The first-order chi connectivity index (χ1) is 9.69. The van der Waals surface area contributed by atoms with Gasteiger partial charge in [0.05, 0.1) is 15.7 Å². The van der Waals surface area contributed by atoms with Crippen LogP contribution in [-0.4, -0.2) is 9.41 Å². The number of alkyl halides is 2. The Hall–Kier alpha value is 0.0800. The van der Waals surface area contributed by atoms with Crippen LogP contribution in [0.25, 0.3) is 21.3 Å². The van der Waals surface area contributed by atoms with Crippen LogP contribution in [0.3, 0.4) is 0 Å². The minimum absolute atomic E-state index is 0.478. The van der Waals surface area contributed by atoms with E-state index in [0.29, 0.717) is 3.92 Å². The van der Waals surface area contributed by atoms with Crippen LogP contribution in [0.1, 0.15) is 9.49 Å². The fourth-order valence-electron chi connectivity index (χ4n) is 2.16. The third kappa shape index (κ3) is 2.98. The lowest BCUT2D eigenvalue weighted by atomic mass is 9.98. The molecular formula is C15H10ClI2NS. The van der Waals surface area contributed by atoms with E-state index < -0.39 is 0 Å². The number of hydrogen-bond donors (Lipinski definition) is 0. The summed E-state index contributed by atoms with van der Waals surface area (Å²) in [6.45, 7) is 0. The van der Waals surface area contributed by atoms with Gasteiger partial charge in [-0.15, -0.1) is 11.3 Å². The quantitative estimate of drug-likeness (QED) is 0.280. The molecule has 102 valence electrons. The molecule has 1 atom stereocenters. The number of fused-ring (bicyclic) bond motifs is 1. The smallest absolute Gasteiger partial charge is 0.0818 e. The molecule has 0 aliphatic carbocycles. The minimum atomic E-state index is 0.478. The van der Waals surface area contributed by atoms with Crippen LogP contribution in [0, 0.1) is 0 Å². The lowest BCUT2D eigenvalue weighted by Gasteiger charge is -2.14. The Labute approximate surface area is 154 Å². The van der Waals surface area contributed by atoms with E-state index >= 15 is 0 Å². The maximum atomic E-state index is 6.19.